The molecule has 34 heavy (non-hydrogen) atoms. The number of carbonyl (C=O) groups excluding carboxylic acids is 2. The van der Waals surface area contributed by atoms with E-state index in [9.17, 15) is 9.59 Å². The number of rotatable bonds is 5. The molecule has 1 aromatic heterocycles. The third-order valence-electron chi connectivity index (χ3n) is 5.74. The number of ether oxygens (including phenoxy) is 1. The number of carbonyl (C=O) groups is 2. The number of methoxy groups -OCH3 is 1. The van der Waals surface area contributed by atoms with E-state index in [1.807, 2.05) is 48.7 Å². The molecule has 168 valence electrons. The summed E-state index contributed by atoms with van der Waals surface area (Å²) in [6, 6.07) is 25.1. The van der Waals surface area contributed by atoms with Crippen LogP contribution in [0, 0.1) is 0 Å². The van der Waals surface area contributed by atoms with Crippen molar-refractivity contribution in [2.75, 3.05) is 12.0 Å². The van der Waals surface area contributed by atoms with Crippen LogP contribution in [0.25, 0.3) is 17.0 Å². The maximum Gasteiger partial charge on any atom is 0.270 e. The van der Waals surface area contributed by atoms with E-state index in [4.69, 9.17) is 17.0 Å². The summed E-state index contributed by atoms with van der Waals surface area (Å²) in [5.74, 6) is -0.549. The van der Waals surface area contributed by atoms with Crippen LogP contribution in [0.3, 0.4) is 0 Å². The fraction of sp³-hybridized carbons (Fsp3) is 0.0741. The average Bonchev–Trinajstić information content (AvgIpc) is 3.19. The summed E-state index contributed by atoms with van der Waals surface area (Å²) < 4.78 is 7.52. The van der Waals surface area contributed by atoms with Gasteiger partial charge in [0.2, 0.25) is 0 Å². The van der Waals surface area contributed by atoms with E-state index < -0.39 is 11.8 Å². The molecule has 7 heteroatoms. The number of hydrogen-bond acceptors (Lipinski definition) is 4. The van der Waals surface area contributed by atoms with Gasteiger partial charge in [-0.25, -0.2) is 4.90 Å². The highest BCUT2D eigenvalue weighted by Gasteiger charge is 2.36. The van der Waals surface area contributed by atoms with Gasteiger partial charge in [-0.15, -0.1) is 0 Å². The monoisotopic (exact) mass is 467 g/mol. The molecule has 6 nitrogen and oxygen atoms in total. The normalized spacial score (nSPS) is 15.1. The Kier molecular flexibility index (Phi) is 5.69. The van der Waals surface area contributed by atoms with Gasteiger partial charge in [0.05, 0.1) is 12.8 Å². The predicted molar refractivity (Wildman–Crippen MR) is 137 cm³/mol. The average molecular weight is 468 g/mol. The third kappa shape index (κ3) is 3.86. The molecule has 0 saturated carbocycles. The van der Waals surface area contributed by atoms with Gasteiger partial charge in [0.25, 0.3) is 11.8 Å². The molecule has 1 fully saturated rings. The first-order valence-corrected chi connectivity index (χ1v) is 11.1. The van der Waals surface area contributed by atoms with E-state index in [0.717, 1.165) is 22.0 Å². The van der Waals surface area contributed by atoms with Gasteiger partial charge in [0, 0.05) is 29.2 Å². The van der Waals surface area contributed by atoms with Crippen LogP contribution in [0.5, 0.6) is 5.75 Å². The van der Waals surface area contributed by atoms with Crippen LogP contribution in [0.4, 0.5) is 5.69 Å². The van der Waals surface area contributed by atoms with Crippen LogP contribution in [-0.4, -0.2) is 28.6 Å². The molecule has 2 heterocycles. The smallest absolute Gasteiger partial charge is 0.270 e. The summed E-state index contributed by atoms with van der Waals surface area (Å²) in [6.07, 6.45) is 3.59. The van der Waals surface area contributed by atoms with Crippen LogP contribution in [0.2, 0.25) is 0 Å². The highest BCUT2D eigenvalue weighted by molar-refractivity contribution is 7.80. The Labute approximate surface area is 202 Å². The molecule has 0 aliphatic carbocycles. The van der Waals surface area contributed by atoms with Crippen LogP contribution in [0.15, 0.2) is 90.6 Å². The molecular formula is C27H21N3O3S. The molecule has 5 rings (SSSR count). The largest absolute Gasteiger partial charge is 0.495 e. The highest BCUT2D eigenvalue weighted by Crippen LogP contribution is 2.32. The molecule has 0 spiro atoms. The van der Waals surface area contributed by atoms with E-state index >= 15 is 0 Å². The van der Waals surface area contributed by atoms with Gasteiger partial charge in [-0.2, -0.15) is 0 Å². The Morgan fingerprint density at radius 2 is 1.65 bits per heavy atom. The number of nitrogens with zero attached hydrogens (tertiary/aromatic N) is 2. The van der Waals surface area contributed by atoms with Crippen molar-refractivity contribution in [2.45, 2.75) is 6.54 Å². The molecule has 1 aliphatic heterocycles. The number of para-hydroxylation sites is 3. The van der Waals surface area contributed by atoms with Crippen LogP contribution in [-0.2, 0) is 16.1 Å². The maximum atomic E-state index is 13.5. The van der Waals surface area contributed by atoms with Crippen molar-refractivity contribution in [1.82, 2.24) is 9.88 Å². The van der Waals surface area contributed by atoms with E-state index in [0.29, 0.717) is 18.0 Å². The van der Waals surface area contributed by atoms with Gasteiger partial charge in [-0.05, 0) is 42.1 Å². The van der Waals surface area contributed by atoms with Crippen molar-refractivity contribution in [3.8, 4) is 5.75 Å². The number of aromatic nitrogens is 1. The number of nitrogens with one attached hydrogen (secondary N) is 1. The second-order valence-electron chi connectivity index (χ2n) is 7.84. The Morgan fingerprint density at radius 1 is 0.941 bits per heavy atom. The number of hydrogen-bond donors (Lipinski definition) is 1. The summed E-state index contributed by atoms with van der Waals surface area (Å²) in [6.45, 7) is 0.669. The third-order valence-corrected chi connectivity index (χ3v) is 6.03. The lowest BCUT2D eigenvalue weighted by molar-refractivity contribution is -0.122. The molecule has 0 radical (unpaired) electrons. The van der Waals surface area contributed by atoms with E-state index in [1.54, 1.807) is 30.3 Å². The fourth-order valence-electron chi connectivity index (χ4n) is 4.15. The second kappa shape index (κ2) is 8.96. The van der Waals surface area contributed by atoms with E-state index in [1.165, 1.54) is 12.0 Å². The van der Waals surface area contributed by atoms with E-state index in [2.05, 4.69) is 22.0 Å². The summed E-state index contributed by atoms with van der Waals surface area (Å²) in [4.78, 5) is 27.6. The van der Waals surface area contributed by atoms with Gasteiger partial charge in [-0.3, -0.25) is 14.9 Å². The second-order valence-corrected chi connectivity index (χ2v) is 8.23. The minimum Gasteiger partial charge on any atom is -0.495 e. The zero-order valence-electron chi connectivity index (χ0n) is 18.4. The summed E-state index contributed by atoms with van der Waals surface area (Å²) in [5, 5.41) is 3.61. The summed E-state index contributed by atoms with van der Waals surface area (Å²) >= 11 is 5.33. The van der Waals surface area contributed by atoms with Gasteiger partial charge in [0.1, 0.15) is 11.3 Å². The SMILES string of the molecule is COc1ccccc1N1C(=O)C(=Cc2cn(Cc3ccccc3)c3ccccc23)C(=O)NC1=S. The molecule has 1 aliphatic rings. The van der Waals surface area contributed by atoms with Crippen molar-refractivity contribution >= 4 is 51.8 Å². The lowest BCUT2D eigenvalue weighted by Crippen LogP contribution is -2.54. The number of thiocarbonyl (C=S) groups is 1. The lowest BCUT2D eigenvalue weighted by Gasteiger charge is -2.29. The highest BCUT2D eigenvalue weighted by atomic mass is 32.1. The molecule has 2 amide bonds. The Hall–Kier alpha value is -4.23. The molecule has 1 N–H and O–H groups in total. The minimum absolute atomic E-state index is 0.00196. The van der Waals surface area contributed by atoms with Crippen molar-refractivity contribution in [3.63, 3.8) is 0 Å². The Bertz CT molecular complexity index is 1460. The van der Waals surface area contributed by atoms with Gasteiger partial charge < -0.3 is 9.30 Å². The predicted octanol–water partition coefficient (Wildman–Crippen LogP) is 4.53. The molecule has 0 bridgehead atoms. The molecule has 0 atom stereocenters. The van der Waals surface area contributed by atoms with Crippen molar-refractivity contribution in [2.24, 2.45) is 0 Å². The van der Waals surface area contributed by atoms with E-state index in [-0.39, 0.29) is 10.7 Å². The first-order chi connectivity index (χ1) is 16.6. The first-order valence-electron chi connectivity index (χ1n) is 10.7. The van der Waals surface area contributed by atoms with Gasteiger partial charge in [-0.1, -0.05) is 60.7 Å². The van der Waals surface area contributed by atoms with Gasteiger partial charge in [0.15, 0.2) is 5.11 Å². The zero-order chi connectivity index (χ0) is 23.7. The van der Waals surface area contributed by atoms with Crippen molar-refractivity contribution < 1.29 is 14.3 Å². The number of anilines is 1. The van der Waals surface area contributed by atoms with Crippen LogP contribution in [0.1, 0.15) is 11.1 Å². The standard InChI is InChI=1S/C27H21N3O3S/c1-33-24-14-8-7-13-23(24)30-26(32)21(25(31)28-27(30)34)15-19-17-29(16-18-9-3-2-4-10-18)22-12-6-5-11-20(19)22/h2-15,17H,16H2,1H3,(H,28,31,34). The van der Waals surface area contributed by atoms with Crippen LogP contribution < -0.4 is 15.0 Å². The lowest BCUT2D eigenvalue weighted by atomic mass is 10.1. The maximum absolute atomic E-state index is 13.5. The number of amides is 2. The van der Waals surface area contributed by atoms with Crippen molar-refractivity contribution in [1.29, 1.82) is 0 Å². The first kappa shape index (κ1) is 21.6. The zero-order valence-corrected chi connectivity index (χ0v) is 19.2. The number of benzene rings is 3. The summed E-state index contributed by atoms with van der Waals surface area (Å²) in [5.41, 5.74) is 3.41. The summed E-state index contributed by atoms with van der Waals surface area (Å²) in [7, 11) is 1.52. The number of fused-ring (bicyclic) bond motifs is 1. The molecule has 1 saturated heterocycles. The Morgan fingerprint density at radius 3 is 2.44 bits per heavy atom. The molecular weight excluding hydrogens is 446 g/mol. The van der Waals surface area contributed by atoms with Crippen LogP contribution >= 0.6 is 12.2 Å². The quantitative estimate of drug-likeness (QED) is 0.266. The molecule has 3 aromatic carbocycles. The minimum atomic E-state index is -0.527. The molecule has 4 aromatic rings. The fourth-order valence-corrected chi connectivity index (χ4v) is 4.42. The topological polar surface area (TPSA) is 63.6 Å². The molecule has 0 unspecified atom stereocenters. The Balaban J connectivity index is 1.58. The van der Waals surface area contributed by atoms with Crippen molar-refractivity contribution in [3.05, 3.63) is 102 Å². The van der Waals surface area contributed by atoms with Gasteiger partial charge >= 0.3 is 0 Å².